The van der Waals surface area contributed by atoms with Gasteiger partial charge in [0, 0.05) is 10.9 Å². The molecule has 1 atom stereocenters. The lowest BCUT2D eigenvalue weighted by molar-refractivity contribution is 0.236. The van der Waals surface area contributed by atoms with Crippen LogP contribution in [0.15, 0.2) is 17.5 Å². The van der Waals surface area contributed by atoms with E-state index >= 15 is 0 Å². The summed E-state index contributed by atoms with van der Waals surface area (Å²) in [6.07, 6.45) is 2.42. The zero-order chi connectivity index (χ0) is 12.9. The largest absolute Gasteiger partial charge is 0.330 e. The van der Waals surface area contributed by atoms with Crippen molar-refractivity contribution in [3.05, 3.63) is 22.4 Å². The maximum absolute atomic E-state index is 5.75. The molecule has 0 spiro atoms. The van der Waals surface area contributed by atoms with Crippen LogP contribution in [-0.4, -0.2) is 25.0 Å². The molecule has 2 N–H and O–H groups in total. The van der Waals surface area contributed by atoms with Crippen molar-refractivity contribution in [2.45, 2.75) is 39.7 Å². The molecule has 0 aliphatic rings. The van der Waals surface area contributed by atoms with Gasteiger partial charge in [0.1, 0.15) is 0 Å². The van der Waals surface area contributed by atoms with Crippen molar-refractivity contribution in [2.75, 3.05) is 20.1 Å². The molecule has 17 heavy (non-hydrogen) atoms. The molecule has 1 unspecified atom stereocenters. The molecule has 0 amide bonds. The Balaban J connectivity index is 2.32. The average molecular weight is 254 g/mol. The highest BCUT2D eigenvalue weighted by molar-refractivity contribution is 7.10. The summed E-state index contributed by atoms with van der Waals surface area (Å²) in [5, 5.41) is 2.15. The summed E-state index contributed by atoms with van der Waals surface area (Å²) >= 11 is 1.84. The molecule has 3 heteroatoms. The minimum absolute atomic E-state index is 0.285. The molecular formula is C14H26N2S. The van der Waals surface area contributed by atoms with Crippen LogP contribution in [0, 0.1) is 5.41 Å². The molecule has 0 aliphatic carbocycles. The summed E-state index contributed by atoms with van der Waals surface area (Å²) in [6, 6.07) is 4.87. The standard InChI is InChI=1S/C14H26N2S/c1-12(13-7-5-10-17-13)16(4)9-6-8-14(2,3)11-15/h5,7,10,12H,6,8-9,11,15H2,1-4H3. The highest BCUT2D eigenvalue weighted by Gasteiger charge is 2.17. The van der Waals surface area contributed by atoms with Crippen molar-refractivity contribution < 1.29 is 0 Å². The molecule has 2 nitrogen and oxygen atoms in total. The highest BCUT2D eigenvalue weighted by Crippen LogP contribution is 2.25. The molecule has 0 saturated carbocycles. The van der Waals surface area contributed by atoms with E-state index in [0.717, 1.165) is 13.1 Å². The van der Waals surface area contributed by atoms with Crippen molar-refractivity contribution in [3.63, 3.8) is 0 Å². The third kappa shape index (κ3) is 4.78. The predicted molar refractivity (Wildman–Crippen MR) is 77.4 cm³/mol. The van der Waals surface area contributed by atoms with Gasteiger partial charge in [-0.15, -0.1) is 11.3 Å². The van der Waals surface area contributed by atoms with Crippen LogP contribution in [0.3, 0.4) is 0 Å². The molecule has 0 bridgehead atoms. The maximum atomic E-state index is 5.75. The van der Waals surface area contributed by atoms with Crippen LogP contribution in [0.1, 0.15) is 44.5 Å². The third-order valence-corrected chi connectivity index (χ3v) is 4.58. The molecule has 1 aromatic rings. The Morgan fingerprint density at radius 2 is 2.18 bits per heavy atom. The van der Waals surface area contributed by atoms with Crippen molar-refractivity contribution in [3.8, 4) is 0 Å². The van der Waals surface area contributed by atoms with Crippen molar-refractivity contribution in [2.24, 2.45) is 11.1 Å². The van der Waals surface area contributed by atoms with Gasteiger partial charge in [-0.25, -0.2) is 0 Å². The van der Waals surface area contributed by atoms with Crippen LogP contribution >= 0.6 is 11.3 Å². The van der Waals surface area contributed by atoms with E-state index in [-0.39, 0.29) is 5.41 Å². The van der Waals surface area contributed by atoms with E-state index in [4.69, 9.17) is 5.73 Å². The van der Waals surface area contributed by atoms with E-state index in [1.54, 1.807) is 0 Å². The van der Waals surface area contributed by atoms with E-state index < -0.39 is 0 Å². The summed E-state index contributed by atoms with van der Waals surface area (Å²) in [7, 11) is 2.21. The summed E-state index contributed by atoms with van der Waals surface area (Å²) in [5.74, 6) is 0. The van der Waals surface area contributed by atoms with Gasteiger partial charge >= 0.3 is 0 Å². The number of nitrogens with two attached hydrogens (primary N) is 1. The highest BCUT2D eigenvalue weighted by atomic mass is 32.1. The fourth-order valence-electron chi connectivity index (χ4n) is 1.85. The maximum Gasteiger partial charge on any atom is 0.0410 e. The summed E-state index contributed by atoms with van der Waals surface area (Å²) in [5.41, 5.74) is 6.03. The van der Waals surface area contributed by atoms with Gasteiger partial charge < -0.3 is 5.73 Å². The molecule has 0 radical (unpaired) electrons. The number of hydrogen-bond donors (Lipinski definition) is 1. The van der Waals surface area contributed by atoms with E-state index in [9.17, 15) is 0 Å². The minimum atomic E-state index is 0.285. The lowest BCUT2D eigenvalue weighted by Crippen LogP contribution is -2.27. The van der Waals surface area contributed by atoms with Gasteiger partial charge in [-0.3, -0.25) is 4.90 Å². The average Bonchev–Trinajstić information content (AvgIpc) is 2.81. The zero-order valence-electron chi connectivity index (χ0n) is 11.6. The van der Waals surface area contributed by atoms with E-state index in [1.807, 2.05) is 11.3 Å². The molecule has 98 valence electrons. The molecular weight excluding hydrogens is 228 g/mol. The molecule has 0 saturated heterocycles. The van der Waals surface area contributed by atoms with Gasteiger partial charge in [0.15, 0.2) is 0 Å². The first-order valence-electron chi connectivity index (χ1n) is 6.40. The fourth-order valence-corrected chi connectivity index (χ4v) is 2.70. The molecule has 1 rings (SSSR count). The van der Waals surface area contributed by atoms with Crippen LogP contribution in [0.5, 0.6) is 0 Å². The zero-order valence-corrected chi connectivity index (χ0v) is 12.4. The van der Waals surface area contributed by atoms with Crippen LogP contribution in [0.25, 0.3) is 0 Å². The second kappa shape index (κ2) is 6.53. The van der Waals surface area contributed by atoms with Crippen molar-refractivity contribution >= 4 is 11.3 Å². The van der Waals surface area contributed by atoms with Gasteiger partial charge in [-0.05, 0) is 56.8 Å². The Hall–Kier alpha value is -0.380. The predicted octanol–water partition coefficient (Wildman–Crippen LogP) is 3.51. The quantitative estimate of drug-likeness (QED) is 0.807. The van der Waals surface area contributed by atoms with E-state index in [0.29, 0.717) is 6.04 Å². The van der Waals surface area contributed by atoms with E-state index in [2.05, 4.69) is 50.2 Å². The topological polar surface area (TPSA) is 29.3 Å². The SMILES string of the molecule is CC(c1cccs1)N(C)CCCC(C)(C)CN. The first kappa shape index (κ1) is 14.7. The van der Waals surface area contributed by atoms with E-state index in [1.165, 1.54) is 17.7 Å². The number of nitrogens with zero attached hydrogens (tertiary/aromatic N) is 1. The van der Waals surface area contributed by atoms with Crippen LogP contribution < -0.4 is 5.73 Å². The molecule has 0 aromatic carbocycles. The Kier molecular flexibility index (Phi) is 5.63. The number of hydrogen-bond acceptors (Lipinski definition) is 3. The first-order chi connectivity index (χ1) is 7.96. The van der Waals surface area contributed by atoms with Crippen molar-refractivity contribution in [1.82, 2.24) is 4.90 Å². The first-order valence-corrected chi connectivity index (χ1v) is 7.28. The Morgan fingerprint density at radius 3 is 2.71 bits per heavy atom. The van der Waals surface area contributed by atoms with Gasteiger partial charge in [0.05, 0.1) is 0 Å². The van der Waals surface area contributed by atoms with Crippen LogP contribution in [-0.2, 0) is 0 Å². The summed E-state index contributed by atoms with van der Waals surface area (Å²) < 4.78 is 0. The second-order valence-electron chi connectivity index (χ2n) is 5.64. The molecule has 0 fully saturated rings. The normalized spacial score (nSPS) is 14.2. The number of rotatable bonds is 7. The lowest BCUT2D eigenvalue weighted by atomic mass is 9.88. The number of thiophene rings is 1. The summed E-state index contributed by atoms with van der Waals surface area (Å²) in [6.45, 7) is 8.69. The minimum Gasteiger partial charge on any atom is -0.330 e. The van der Waals surface area contributed by atoms with Gasteiger partial charge in [0.2, 0.25) is 0 Å². The van der Waals surface area contributed by atoms with Crippen LogP contribution in [0.2, 0.25) is 0 Å². The monoisotopic (exact) mass is 254 g/mol. The van der Waals surface area contributed by atoms with Crippen LogP contribution in [0.4, 0.5) is 0 Å². The Morgan fingerprint density at radius 1 is 1.47 bits per heavy atom. The fraction of sp³-hybridized carbons (Fsp3) is 0.714. The van der Waals surface area contributed by atoms with Gasteiger partial charge in [-0.1, -0.05) is 19.9 Å². The molecule has 1 heterocycles. The lowest BCUT2D eigenvalue weighted by Gasteiger charge is -2.27. The third-order valence-electron chi connectivity index (χ3n) is 3.53. The molecule has 0 aliphatic heterocycles. The Labute approximate surface area is 110 Å². The molecule has 1 aromatic heterocycles. The van der Waals surface area contributed by atoms with Gasteiger partial charge in [0.25, 0.3) is 0 Å². The van der Waals surface area contributed by atoms with Crippen molar-refractivity contribution in [1.29, 1.82) is 0 Å². The summed E-state index contributed by atoms with van der Waals surface area (Å²) in [4.78, 5) is 3.88. The van der Waals surface area contributed by atoms with Gasteiger partial charge in [-0.2, -0.15) is 0 Å². The second-order valence-corrected chi connectivity index (χ2v) is 6.62. The Bertz CT molecular complexity index is 306. The smallest absolute Gasteiger partial charge is 0.0410 e.